The molecule has 0 radical (unpaired) electrons. The summed E-state index contributed by atoms with van der Waals surface area (Å²) in [5.74, 6) is 0. The van der Waals surface area contributed by atoms with Crippen molar-refractivity contribution < 1.29 is 22.4 Å². The molecule has 15 heavy (non-hydrogen) atoms. The Kier molecular flexibility index (Phi) is 6.96. The van der Waals surface area contributed by atoms with Crippen LogP contribution in [0.5, 0.6) is 0 Å². The summed E-state index contributed by atoms with van der Waals surface area (Å²) >= 11 is 0. The smallest absolute Gasteiger partial charge is 0.448 e. The minimum absolute atomic E-state index is 0.256. The van der Waals surface area contributed by atoms with Gasteiger partial charge in [0.1, 0.15) is 0 Å². The van der Waals surface area contributed by atoms with Crippen LogP contribution in [0.2, 0.25) is 0 Å². The van der Waals surface area contributed by atoms with Gasteiger partial charge in [0.25, 0.3) is 0 Å². The monoisotopic (exact) mass is 228 g/mol. The van der Waals surface area contributed by atoms with E-state index < -0.39 is 13.4 Å². The Balaban J connectivity index is 4.16. The fourth-order valence-electron chi connectivity index (χ4n) is 1.31. The SMILES string of the molecule is COCCN(C[B-](F)(F)F)C(C)COC. The third-order valence-corrected chi connectivity index (χ3v) is 2.06. The Labute approximate surface area is 88.6 Å². The molecule has 0 aliphatic rings. The van der Waals surface area contributed by atoms with Crippen LogP contribution in [0.3, 0.4) is 0 Å². The van der Waals surface area contributed by atoms with Crippen LogP contribution in [0.15, 0.2) is 0 Å². The lowest BCUT2D eigenvalue weighted by molar-refractivity contribution is 0.0806. The van der Waals surface area contributed by atoms with E-state index in [-0.39, 0.29) is 19.2 Å². The van der Waals surface area contributed by atoms with Crippen LogP contribution in [0.1, 0.15) is 6.92 Å². The standard InChI is InChI=1S/C8H18BF3NO2/c1-8(6-15-3)13(4-5-14-2)7-9(10,11)12/h8H,4-7H2,1-3H3/q-1. The molecule has 1 unspecified atom stereocenters. The maximum atomic E-state index is 12.3. The van der Waals surface area contributed by atoms with Gasteiger partial charge in [0, 0.05) is 26.8 Å². The molecule has 0 heterocycles. The molecule has 7 heteroatoms. The third kappa shape index (κ3) is 7.64. The van der Waals surface area contributed by atoms with E-state index in [0.717, 1.165) is 0 Å². The fraction of sp³-hybridized carbons (Fsp3) is 1.00. The zero-order valence-corrected chi connectivity index (χ0v) is 9.38. The van der Waals surface area contributed by atoms with E-state index in [1.807, 2.05) is 0 Å². The van der Waals surface area contributed by atoms with E-state index in [1.54, 1.807) is 6.92 Å². The van der Waals surface area contributed by atoms with Gasteiger partial charge < -0.3 is 27.3 Å². The number of hydrogen-bond donors (Lipinski definition) is 0. The maximum absolute atomic E-state index is 12.3. The van der Waals surface area contributed by atoms with Crippen LogP contribution >= 0.6 is 0 Å². The zero-order valence-electron chi connectivity index (χ0n) is 9.38. The van der Waals surface area contributed by atoms with E-state index in [2.05, 4.69) is 0 Å². The number of halogens is 3. The van der Waals surface area contributed by atoms with Crippen LogP contribution in [0.4, 0.5) is 12.9 Å². The number of nitrogens with zero attached hydrogens (tertiary/aromatic N) is 1. The summed E-state index contributed by atoms with van der Waals surface area (Å²) in [5, 5.41) is 0. The molecule has 1 atom stereocenters. The largest absolute Gasteiger partial charge is 0.492 e. The third-order valence-electron chi connectivity index (χ3n) is 2.06. The topological polar surface area (TPSA) is 21.7 Å². The van der Waals surface area contributed by atoms with Crippen LogP contribution in [0.25, 0.3) is 0 Å². The molecule has 0 aliphatic heterocycles. The molecule has 0 spiro atoms. The molecule has 0 amide bonds. The van der Waals surface area contributed by atoms with Crippen molar-refractivity contribution in [2.75, 3.05) is 40.4 Å². The van der Waals surface area contributed by atoms with Gasteiger partial charge in [-0.1, -0.05) is 0 Å². The highest BCUT2D eigenvalue weighted by Crippen LogP contribution is 2.12. The quantitative estimate of drug-likeness (QED) is 0.585. The molecule has 0 aromatic heterocycles. The second kappa shape index (κ2) is 7.08. The van der Waals surface area contributed by atoms with Crippen LogP contribution in [-0.4, -0.2) is 58.3 Å². The van der Waals surface area contributed by atoms with Crippen molar-refractivity contribution in [3.63, 3.8) is 0 Å². The molecule has 92 valence electrons. The highest BCUT2D eigenvalue weighted by molar-refractivity contribution is 6.58. The summed E-state index contributed by atoms with van der Waals surface area (Å²) in [6.45, 7) is -2.24. The molecular weight excluding hydrogens is 210 g/mol. The van der Waals surface area contributed by atoms with Crippen molar-refractivity contribution in [3.8, 4) is 0 Å². The highest BCUT2D eigenvalue weighted by Gasteiger charge is 2.28. The molecular formula is C8H18BF3NO2-. The summed E-state index contributed by atoms with van der Waals surface area (Å²) in [4.78, 5) is 1.33. The zero-order chi connectivity index (χ0) is 11.9. The van der Waals surface area contributed by atoms with Gasteiger partial charge >= 0.3 is 6.98 Å². The van der Waals surface area contributed by atoms with Crippen LogP contribution < -0.4 is 0 Å². The van der Waals surface area contributed by atoms with Gasteiger partial charge in [-0.3, -0.25) is 0 Å². The second-order valence-electron chi connectivity index (χ2n) is 3.50. The number of hydrogen-bond acceptors (Lipinski definition) is 3. The number of rotatable bonds is 8. The van der Waals surface area contributed by atoms with Crippen molar-refractivity contribution in [2.24, 2.45) is 0 Å². The predicted molar refractivity (Wildman–Crippen MR) is 53.9 cm³/mol. The molecule has 0 aromatic carbocycles. The second-order valence-corrected chi connectivity index (χ2v) is 3.50. The van der Waals surface area contributed by atoms with Crippen LogP contribution in [0, 0.1) is 0 Å². The lowest BCUT2D eigenvalue weighted by atomic mass is 9.90. The summed E-state index contributed by atoms with van der Waals surface area (Å²) < 4.78 is 46.4. The van der Waals surface area contributed by atoms with E-state index in [0.29, 0.717) is 6.61 Å². The van der Waals surface area contributed by atoms with Crippen molar-refractivity contribution in [2.45, 2.75) is 13.0 Å². The molecule has 0 aliphatic carbocycles. The van der Waals surface area contributed by atoms with Crippen LogP contribution in [-0.2, 0) is 9.47 Å². The first-order chi connectivity index (χ1) is 6.90. The van der Waals surface area contributed by atoms with E-state index in [1.165, 1.54) is 19.1 Å². The van der Waals surface area contributed by atoms with Gasteiger partial charge in [0.2, 0.25) is 0 Å². The Hall–Kier alpha value is -0.265. The lowest BCUT2D eigenvalue weighted by Gasteiger charge is -2.32. The van der Waals surface area contributed by atoms with Crippen molar-refractivity contribution in [3.05, 3.63) is 0 Å². The number of ether oxygens (including phenoxy) is 2. The summed E-state index contributed by atoms with van der Waals surface area (Å²) in [6.07, 6.45) is -0.867. The molecule has 0 saturated heterocycles. The van der Waals surface area contributed by atoms with Crippen molar-refractivity contribution in [1.29, 1.82) is 0 Å². The molecule has 0 saturated carbocycles. The summed E-state index contributed by atoms with van der Waals surface area (Å²) in [6, 6.07) is -0.256. The molecule has 0 bridgehead atoms. The molecule has 0 fully saturated rings. The van der Waals surface area contributed by atoms with Gasteiger partial charge in [-0.15, -0.1) is 0 Å². The van der Waals surface area contributed by atoms with Gasteiger partial charge in [-0.2, -0.15) is 0 Å². The Morgan fingerprint density at radius 3 is 2.20 bits per heavy atom. The Morgan fingerprint density at radius 1 is 1.20 bits per heavy atom. The normalized spacial score (nSPS) is 14.6. The number of methoxy groups -OCH3 is 2. The minimum atomic E-state index is -4.80. The first kappa shape index (κ1) is 14.7. The van der Waals surface area contributed by atoms with Gasteiger partial charge in [0.05, 0.1) is 13.2 Å². The Morgan fingerprint density at radius 2 is 1.80 bits per heavy atom. The molecule has 0 rings (SSSR count). The average molecular weight is 228 g/mol. The van der Waals surface area contributed by atoms with E-state index in [9.17, 15) is 12.9 Å². The van der Waals surface area contributed by atoms with E-state index >= 15 is 0 Å². The van der Waals surface area contributed by atoms with Gasteiger partial charge in [0.15, 0.2) is 0 Å². The van der Waals surface area contributed by atoms with Gasteiger partial charge in [-0.05, 0) is 13.4 Å². The lowest BCUT2D eigenvalue weighted by Crippen LogP contribution is -2.46. The first-order valence-corrected chi connectivity index (χ1v) is 4.83. The van der Waals surface area contributed by atoms with Gasteiger partial charge in [-0.25, -0.2) is 0 Å². The highest BCUT2D eigenvalue weighted by atomic mass is 19.4. The average Bonchev–Trinajstić information content (AvgIpc) is 2.10. The van der Waals surface area contributed by atoms with E-state index in [4.69, 9.17) is 9.47 Å². The Bertz CT molecular complexity index is 168. The molecule has 3 nitrogen and oxygen atoms in total. The molecule has 0 N–H and O–H groups in total. The fourth-order valence-corrected chi connectivity index (χ4v) is 1.31. The maximum Gasteiger partial charge on any atom is 0.492 e. The predicted octanol–water partition coefficient (Wildman–Crippen LogP) is 1.36. The molecule has 0 aromatic rings. The van der Waals surface area contributed by atoms with Crippen molar-refractivity contribution >= 4 is 6.98 Å². The van der Waals surface area contributed by atoms with Crippen molar-refractivity contribution in [1.82, 2.24) is 4.90 Å². The summed E-state index contributed by atoms with van der Waals surface area (Å²) in [5.41, 5.74) is 0. The first-order valence-electron chi connectivity index (χ1n) is 4.83. The summed E-state index contributed by atoms with van der Waals surface area (Å²) in [7, 11) is 2.95. The minimum Gasteiger partial charge on any atom is -0.448 e.